The van der Waals surface area contributed by atoms with E-state index in [4.69, 9.17) is 9.47 Å². The zero-order valence-electron chi connectivity index (χ0n) is 15.3. The number of amides is 1. The van der Waals surface area contributed by atoms with Crippen LogP contribution in [0.1, 0.15) is 43.4 Å². The van der Waals surface area contributed by atoms with Gasteiger partial charge < -0.3 is 19.5 Å². The Kier molecular flexibility index (Phi) is 5.49. The number of aliphatic hydroxyl groups excluding tert-OH is 1. The van der Waals surface area contributed by atoms with Gasteiger partial charge in [-0.1, -0.05) is 0 Å². The average molecular weight is 348 g/mol. The smallest absolute Gasteiger partial charge is 0.236 e. The number of piperidine rings is 1. The number of aliphatic hydroxyl groups is 1. The molecule has 3 rings (SSSR count). The molecule has 0 aliphatic carbocycles. The SMILES string of the molecule is COc1ccc(OC)c2c1CN(CC(=O)N1CCCC[C@H]1C)C[C@@H]2O. The number of carbonyl (C=O) groups excluding carboxylic acids is 1. The second-order valence-electron chi connectivity index (χ2n) is 6.98. The van der Waals surface area contributed by atoms with Crippen LogP contribution in [0.5, 0.6) is 11.5 Å². The molecular formula is C19H28N2O4. The topological polar surface area (TPSA) is 62.2 Å². The second kappa shape index (κ2) is 7.62. The summed E-state index contributed by atoms with van der Waals surface area (Å²) in [6.45, 7) is 4.27. The van der Waals surface area contributed by atoms with E-state index in [1.165, 1.54) is 6.42 Å². The highest BCUT2D eigenvalue weighted by Gasteiger charge is 2.32. The zero-order chi connectivity index (χ0) is 18.0. The number of ether oxygens (including phenoxy) is 2. The summed E-state index contributed by atoms with van der Waals surface area (Å²) in [5.41, 5.74) is 1.68. The molecule has 1 aromatic carbocycles. The number of nitrogens with zero attached hydrogens (tertiary/aromatic N) is 2. The van der Waals surface area contributed by atoms with Gasteiger partial charge in [-0.05, 0) is 38.3 Å². The molecular weight excluding hydrogens is 320 g/mol. The molecule has 2 atom stereocenters. The lowest BCUT2D eigenvalue weighted by Gasteiger charge is -2.37. The summed E-state index contributed by atoms with van der Waals surface area (Å²) in [4.78, 5) is 16.7. The van der Waals surface area contributed by atoms with Gasteiger partial charge in [-0.15, -0.1) is 0 Å². The predicted molar refractivity (Wildman–Crippen MR) is 94.8 cm³/mol. The summed E-state index contributed by atoms with van der Waals surface area (Å²) in [6, 6.07) is 3.97. The van der Waals surface area contributed by atoms with E-state index in [1.807, 2.05) is 21.9 Å². The van der Waals surface area contributed by atoms with Crippen LogP contribution in [0.25, 0.3) is 0 Å². The number of hydrogen-bond acceptors (Lipinski definition) is 5. The van der Waals surface area contributed by atoms with Crippen molar-refractivity contribution in [1.82, 2.24) is 9.80 Å². The maximum Gasteiger partial charge on any atom is 0.236 e. The van der Waals surface area contributed by atoms with Crippen LogP contribution in [0.15, 0.2) is 12.1 Å². The summed E-state index contributed by atoms with van der Waals surface area (Å²) in [7, 11) is 3.22. The van der Waals surface area contributed by atoms with E-state index < -0.39 is 6.10 Å². The third-order valence-corrected chi connectivity index (χ3v) is 5.34. The fraction of sp³-hybridized carbons (Fsp3) is 0.632. The maximum absolute atomic E-state index is 12.7. The second-order valence-corrected chi connectivity index (χ2v) is 6.98. The van der Waals surface area contributed by atoms with E-state index >= 15 is 0 Å². The normalized spacial score (nSPS) is 23.9. The van der Waals surface area contributed by atoms with Gasteiger partial charge in [0.1, 0.15) is 11.5 Å². The molecule has 2 heterocycles. The van der Waals surface area contributed by atoms with Gasteiger partial charge >= 0.3 is 0 Å². The van der Waals surface area contributed by atoms with Gasteiger partial charge in [0.2, 0.25) is 5.91 Å². The van der Waals surface area contributed by atoms with Crippen LogP contribution in [0.4, 0.5) is 0 Å². The lowest BCUT2D eigenvalue weighted by molar-refractivity contribution is -0.136. The van der Waals surface area contributed by atoms with E-state index in [9.17, 15) is 9.90 Å². The van der Waals surface area contributed by atoms with Gasteiger partial charge in [-0.2, -0.15) is 0 Å². The first-order valence-corrected chi connectivity index (χ1v) is 8.98. The highest BCUT2D eigenvalue weighted by Crippen LogP contribution is 2.39. The summed E-state index contributed by atoms with van der Waals surface area (Å²) < 4.78 is 10.9. The molecule has 0 aromatic heterocycles. The fourth-order valence-electron chi connectivity index (χ4n) is 4.02. The molecule has 2 aliphatic heterocycles. The fourth-order valence-corrected chi connectivity index (χ4v) is 4.02. The molecule has 6 heteroatoms. The molecule has 1 saturated heterocycles. The molecule has 6 nitrogen and oxygen atoms in total. The van der Waals surface area contributed by atoms with E-state index in [0.29, 0.717) is 31.4 Å². The molecule has 25 heavy (non-hydrogen) atoms. The zero-order valence-corrected chi connectivity index (χ0v) is 15.3. The number of β-amino-alcohol motifs (C(OH)–C–C–N with tert-alkyl or cyclic N) is 1. The Morgan fingerprint density at radius 1 is 1.24 bits per heavy atom. The van der Waals surface area contributed by atoms with Crippen LogP contribution in [0, 0.1) is 0 Å². The van der Waals surface area contributed by atoms with Crippen molar-refractivity contribution in [3.05, 3.63) is 23.3 Å². The van der Waals surface area contributed by atoms with Crippen molar-refractivity contribution in [2.45, 2.75) is 44.9 Å². The quantitative estimate of drug-likeness (QED) is 0.901. The Morgan fingerprint density at radius 2 is 1.96 bits per heavy atom. The molecule has 0 bridgehead atoms. The van der Waals surface area contributed by atoms with Crippen LogP contribution in [0.3, 0.4) is 0 Å². The van der Waals surface area contributed by atoms with Crippen molar-refractivity contribution < 1.29 is 19.4 Å². The van der Waals surface area contributed by atoms with E-state index in [1.54, 1.807) is 14.2 Å². The van der Waals surface area contributed by atoms with Crippen molar-refractivity contribution in [1.29, 1.82) is 0 Å². The van der Waals surface area contributed by atoms with Gasteiger partial charge in [0.05, 0.1) is 26.9 Å². The third kappa shape index (κ3) is 3.60. The monoisotopic (exact) mass is 348 g/mol. The lowest BCUT2D eigenvalue weighted by atomic mass is 9.95. The summed E-state index contributed by atoms with van der Waals surface area (Å²) in [5.74, 6) is 1.53. The van der Waals surface area contributed by atoms with Crippen molar-refractivity contribution in [2.75, 3.05) is 33.9 Å². The number of benzene rings is 1. The highest BCUT2D eigenvalue weighted by atomic mass is 16.5. The molecule has 1 fully saturated rings. The Bertz CT molecular complexity index is 634. The average Bonchev–Trinajstić information content (AvgIpc) is 2.61. The first-order chi connectivity index (χ1) is 12.0. The summed E-state index contributed by atoms with van der Waals surface area (Å²) in [6.07, 6.45) is 2.65. The first-order valence-electron chi connectivity index (χ1n) is 8.98. The van der Waals surface area contributed by atoms with E-state index in [-0.39, 0.29) is 5.91 Å². The van der Waals surface area contributed by atoms with Gasteiger partial charge in [0.15, 0.2) is 0 Å². The van der Waals surface area contributed by atoms with Crippen LogP contribution >= 0.6 is 0 Å². The number of likely N-dealkylation sites (tertiary alicyclic amines) is 1. The van der Waals surface area contributed by atoms with Crippen LogP contribution < -0.4 is 9.47 Å². The summed E-state index contributed by atoms with van der Waals surface area (Å²) in [5, 5.41) is 10.6. The van der Waals surface area contributed by atoms with Crippen molar-refractivity contribution in [2.24, 2.45) is 0 Å². The largest absolute Gasteiger partial charge is 0.496 e. The predicted octanol–water partition coefficient (Wildman–Crippen LogP) is 1.95. The van der Waals surface area contributed by atoms with Gasteiger partial charge in [-0.3, -0.25) is 9.69 Å². The molecule has 1 N–H and O–H groups in total. The van der Waals surface area contributed by atoms with Crippen molar-refractivity contribution in [3.8, 4) is 11.5 Å². The number of hydrogen-bond donors (Lipinski definition) is 1. The standard InChI is InChI=1S/C19H28N2O4/c1-13-6-4-5-9-21(13)18(23)12-20-10-14-16(24-2)7-8-17(25-3)19(14)15(22)11-20/h7-8,13,15,22H,4-6,9-12H2,1-3H3/t13-,15+/m1/s1. The number of carbonyl (C=O) groups is 1. The van der Waals surface area contributed by atoms with Crippen LogP contribution in [-0.4, -0.2) is 60.7 Å². The molecule has 0 spiro atoms. The minimum atomic E-state index is -0.694. The molecule has 138 valence electrons. The van der Waals surface area contributed by atoms with E-state index in [0.717, 1.165) is 36.3 Å². The minimum Gasteiger partial charge on any atom is -0.496 e. The molecule has 1 aromatic rings. The van der Waals surface area contributed by atoms with Crippen molar-refractivity contribution >= 4 is 5.91 Å². The summed E-state index contributed by atoms with van der Waals surface area (Å²) >= 11 is 0. The van der Waals surface area contributed by atoms with Gasteiger partial charge in [0.25, 0.3) is 0 Å². The van der Waals surface area contributed by atoms with Gasteiger partial charge in [-0.25, -0.2) is 0 Å². The molecule has 1 amide bonds. The Balaban J connectivity index is 1.78. The molecule has 0 unspecified atom stereocenters. The Labute approximate surface area is 149 Å². The molecule has 2 aliphatic rings. The molecule has 0 saturated carbocycles. The third-order valence-electron chi connectivity index (χ3n) is 5.34. The first kappa shape index (κ1) is 18.0. The Morgan fingerprint density at radius 3 is 2.64 bits per heavy atom. The number of fused-ring (bicyclic) bond motifs is 1. The molecule has 0 radical (unpaired) electrons. The van der Waals surface area contributed by atoms with Crippen molar-refractivity contribution in [3.63, 3.8) is 0 Å². The van der Waals surface area contributed by atoms with Gasteiger partial charge in [0, 0.05) is 36.8 Å². The lowest BCUT2D eigenvalue weighted by Crippen LogP contribution is -2.48. The van der Waals surface area contributed by atoms with Crippen LogP contribution in [0.2, 0.25) is 0 Å². The number of rotatable bonds is 4. The van der Waals surface area contributed by atoms with E-state index in [2.05, 4.69) is 6.92 Å². The Hall–Kier alpha value is -1.79. The highest BCUT2D eigenvalue weighted by molar-refractivity contribution is 5.78. The number of methoxy groups -OCH3 is 2. The maximum atomic E-state index is 12.7. The minimum absolute atomic E-state index is 0.143. The van der Waals surface area contributed by atoms with Crippen LogP contribution in [-0.2, 0) is 11.3 Å².